The topological polar surface area (TPSA) is 127 Å². The fourth-order valence-electron chi connectivity index (χ4n) is 1.68. The van der Waals surface area contributed by atoms with Crippen LogP contribution in [0.3, 0.4) is 0 Å². The zero-order valence-corrected chi connectivity index (χ0v) is 13.6. The van der Waals surface area contributed by atoms with Gasteiger partial charge in [-0.15, -0.1) is 0 Å². The first-order valence-electron chi connectivity index (χ1n) is 5.35. The third kappa shape index (κ3) is 9.20. The Bertz CT molecular complexity index is 523. The number of carboxylic acids is 1. The molecule has 0 unspecified atom stereocenters. The quantitative estimate of drug-likeness (QED) is 0.270. The van der Waals surface area contributed by atoms with Gasteiger partial charge in [-0.1, -0.05) is 0 Å². The zero-order chi connectivity index (χ0) is 16.4. The summed E-state index contributed by atoms with van der Waals surface area (Å²) in [6, 6.07) is 0. The Kier molecular flexibility index (Phi) is 5.71. The van der Waals surface area contributed by atoms with E-state index in [1.165, 1.54) is 0 Å². The van der Waals surface area contributed by atoms with Crippen molar-refractivity contribution >= 4 is 26.2 Å². The fourth-order valence-corrected chi connectivity index (χ4v) is 3.11. The summed E-state index contributed by atoms with van der Waals surface area (Å²) in [6.07, 6.45) is 0.277. The molecule has 120 valence electrons. The van der Waals surface area contributed by atoms with Crippen LogP contribution in [0.15, 0.2) is 0 Å². The third-order valence-electron chi connectivity index (χ3n) is 1.74. The first-order chi connectivity index (χ1) is 8.54. The van der Waals surface area contributed by atoms with E-state index in [0.29, 0.717) is 12.5 Å². The van der Waals surface area contributed by atoms with Crippen molar-refractivity contribution in [2.45, 2.75) is 12.2 Å². The van der Waals surface area contributed by atoms with Crippen molar-refractivity contribution in [2.75, 3.05) is 40.2 Å². The van der Waals surface area contributed by atoms with Gasteiger partial charge in [0.15, 0.2) is 0 Å². The van der Waals surface area contributed by atoms with E-state index >= 15 is 0 Å². The first-order valence-corrected chi connectivity index (χ1v) is 8.98. The second kappa shape index (κ2) is 5.93. The van der Waals surface area contributed by atoms with Gasteiger partial charge in [-0.3, -0.25) is 0 Å². The predicted molar refractivity (Wildman–Crippen MR) is 67.1 cm³/mol. The lowest BCUT2D eigenvalue weighted by atomic mass is 10.2. The highest BCUT2D eigenvalue weighted by atomic mass is 32.2. The van der Waals surface area contributed by atoms with Crippen LogP contribution in [0.1, 0.15) is 6.42 Å². The van der Waals surface area contributed by atoms with E-state index in [4.69, 9.17) is 0 Å². The van der Waals surface area contributed by atoms with Gasteiger partial charge in [0, 0.05) is 12.4 Å². The molecule has 0 amide bonds. The van der Waals surface area contributed by atoms with Crippen LogP contribution >= 0.6 is 0 Å². The molecule has 0 atom stereocenters. The Labute approximate surface area is 118 Å². The number of carboxylic acid groups (broad SMARTS) is 1. The zero-order valence-electron chi connectivity index (χ0n) is 11.9. The maximum absolute atomic E-state index is 11.3. The van der Waals surface area contributed by atoms with Gasteiger partial charge in [0.1, 0.15) is 6.54 Å². The molecule has 0 radical (unpaired) electrons. The number of hydrogen-bond acceptors (Lipinski definition) is 8. The van der Waals surface area contributed by atoms with Crippen LogP contribution in [0.5, 0.6) is 0 Å². The molecular formula is C9H19NO8S2. The highest BCUT2D eigenvalue weighted by Crippen LogP contribution is 2.25. The van der Waals surface area contributed by atoms with Crippen molar-refractivity contribution in [3.05, 3.63) is 0 Å². The molecule has 0 aliphatic rings. The van der Waals surface area contributed by atoms with Crippen LogP contribution < -0.4 is 5.11 Å². The Morgan fingerprint density at radius 2 is 1.40 bits per heavy atom. The molecule has 0 bridgehead atoms. The largest absolute Gasteiger partial charge is 0.550 e. The third-order valence-corrected chi connectivity index (χ3v) is 2.95. The Hall–Kier alpha value is -0.750. The maximum Gasteiger partial charge on any atom is 0.267 e. The number of hydrogen-bond donors (Lipinski definition) is 0. The maximum atomic E-state index is 11.3. The number of quaternary nitrogens is 1. The van der Waals surface area contributed by atoms with Crippen molar-refractivity contribution in [3.8, 4) is 0 Å². The van der Waals surface area contributed by atoms with Gasteiger partial charge < -0.3 is 14.4 Å². The molecule has 0 saturated heterocycles. The minimum Gasteiger partial charge on any atom is -0.550 e. The minimum atomic E-state index is -4.16. The van der Waals surface area contributed by atoms with Gasteiger partial charge in [-0.2, -0.15) is 16.8 Å². The molecule has 0 aliphatic heterocycles. The summed E-state index contributed by atoms with van der Waals surface area (Å²) in [7, 11) is -3.57. The molecule has 0 rings (SSSR count). The van der Waals surface area contributed by atoms with Crippen LogP contribution in [-0.2, 0) is 33.4 Å². The Morgan fingerprint density at radius 3 is 1.60 bits per heavy atom. The van der Waals surface area contributed by atoms with Crippen molar-refractivity contribution < 1.29 is 39.6 Å². The van der Waals surface area contributed by atoms with E-state index in [2.05, 4.69) is 8.37 Å². The van der Waals surface area contributed by atoms with Crippen molar-refractivity contribution in [3.63, 3.8) is 0 Å². The molecule has 0 N–H and O–H groups in total. The highest BCUT2D eigenvalue weighted by Gasteiger charge is 2.45. The summed E-state index contributed by atoms with van der Waals surface area (Å²) >= 11 is 0. The second-order valence-electron chi connectivity index (χ2n) is 5.48. The molecule has 0 aliphatic carbocycles. The molecular weight excluding hydrogens is 314 g/mol. The molecule has 0 fully saturated rings. The van der Waals surface area contributed by atoms with Gasteiger partial charge >= 0.3 is 0 Å². The van der Waals surface area contributed by atoms with Gasteiger partial charge in [-0.25, -0.2) is 8.37 Å². The summed E-state index contributed by atoms with van der Waals surface area (Å²) in [5.74, 6) is -4.09. The monoisotopic (exact) mass is 333 g/mol. The fraction of sp³-hybridized carbons (Fsp3) is 0.889. The highest BCUT2D eigenvalue weighted by molar-refractivity contribution is 7.86. The van der Waals surface area contributed by atoms with E-state index < -0.39 is 38.4 Å². The van der Waals surface area contributed by atoms with Crippen LogP contribution in [0.25, 0.3) is 0 Å². The summed E-state index contributed by atoms with van der Waals surface area (Å²) in [5.41, 5.74) is 0. The lowest BCUT2D eigenvalue weighted by Gasteiger charge is -2.36. The Morgan fingerprint density at radius 1 is 1.05 bits per heavy atom. The molecule has 9 nitrogen and oxygen atoms in total. The molecule has 0 saturated carbocycles. The second-order valence-corrected chi connectivity index (χ2v) is 8.63. The average Bonchev–Trinajstić information content (AvgIpc) is 1.86. The smallest absolute Gasteiger partial charge is 0.267 e. The number of carbonyl (C=O) groups excluding carboxylic acids is 1. The van der Waals surface area contributed by atoms with Crippen molar-refractivity contribution in [2.24, 2.45) is 0 Å². The Balaban J connectivity index is 5.81. The number of carbonyl (C=O) groups is 1. The molecule has 20 heavy (non-hydrogen) atoms. The van der Waals surface area contributed by atoms with E-state index in [1.54, 1.807) is 21.1 Å². The molecule has 0 heterocycles. The van der Waals surface area contributed by atoms with Gasteiger partial charge in [-0.05, 0) is 0 Å². The lowest BCUT2D eigenvalue weighted by Crippen LogP contribution is -2.56. The SMILES string of the molecule is C[N+](C)(C)CC(CC(=O)[O-])(OS(C)(=O)=O)OS(C)(=O)=O. The number of nitrogens with zero attached hydrogens (tertiary/aromatic N) is 1. The normalized spacial score (nSPS) is 14.2. The summed E-state index contributed by atoms with van der Waals surface area (Å²) in [5, 5.41) is 10.8. The molecule has 0 aromatic carbocycles. The van der Waals surface area contributed by atoms with E-state index in [-0.39, 0.29) is 11.0 Å². The molecule has 11 heteroatoms. The van der Waals surface area contributed by atoms with Crippen LogP contribution in [0, 0.1) is 0 Å². The van der Waals surface area contributed by atoms with Gasteiger partial charge in [0.05, 0.1) is 33.7 Å². The summed E-state index contributed by atoms with van der Waals surface area (Å²) < 4.78 is 54.4. The first kappa shape index (κ1) is 19.2. The van der Waals surface area contributed by atoms with E-state index in [9.17, 15) is 26.7 Å². The van der Waals surface area contributed by atoms with E-state index in [0.717, 1.165) is 0 Å². The van der Waals surface area contributed by atoms with Gasteiger partial charge in [0.2, 0.25) is 0 Å². The van der Waals surface area contributed by atoms with Crippen LogP contribution in [0.2, 0.25) is 0 Å². The molecule has 0 spiro atoms. The van der Waals surface area contributed by atoms with Crippen LogP contribution in [0.4, 0.5) is 0 Å². The van der Waals surface area contributed by atoms with Crippen molar-refractivity contribution in [1.82, 2.24) is 0 Å². The number of aliphatic carboxylic acids is 1. The predicted octanol–water partition coefficient (Wildman–Crippen LogP) is -2.52. The summed E-state index contributed by atoms with van der Waals surface area (Å²) in [4.78, 5) is 10.8. The van der Waals surface area contributed by atoms with Crippen LogP contribution in [-0.4, -0.2) is 73.3 Å². The number of likely N-dealkylation sites (N-methyl/N-ethyl adjacent to an activating group) is 1. The lowest BCUT2D eigenvalue weighted by molar-refractivity contribution is -0.879. The van der Waals surface area contributed by atoms with Gasteiger partial charge in [0.25, 0.3) is 26.0 Å². The van der Waals surface area contributed by atoms with E-state index in [1.807, 2.05) is 0 Å². The minimum absolute atomic E-state index is 0.00167. The van der Waals surface area contributed by atoms with Crippen molar-refractivity contribution in [1.29, 1.82) is 0 Å². The number of rotatable bonds is 8. The average molecular weight is 333 g/mol. The molecule has 0 aromatic rings. The molecule has 0 aromatic heterocycles. The standard InChI is InChI=1S/C9H19NO8S2/c1-10(2,3)7-9(6-8(11)12,17-19(4,13)14)18-20(5,15)16/h6-7H2,1-5H3. The summed E-state index contributed by atoms with van der Waals surface area (Å²) in [6.45, 7) is -0.346.